The van der Waals surface area contributed by atoms with E-state index in [1.165, 1.54) is 18.4 Å². The summed E-state index contributed by atoms with van der Waals surface area (Å²) in [5.74, 6) is 0.345. The van der Waals surface area contributed by atoms with E-state index in [1.54, 1.807) is 0 Å². The number of carbonyl (C=O) groups excluding carboxylic acids is 1. The molecule has 1 aromatic heterocycles. The van der Waals surface area contributed by atoms with Crippen LogP contribution >= 0.6 is 11.3 Å². The molecule has 0 radical (unpaired) electrons. The number of hydrogen-bond acceptors (Lipinski definition) is 6. The molecular weight excluding hydrogens is 302 g/mol. The Hall–Kier alpha value is -2.05. The molecule has 1 N–H and O–H groups in total. The van der Waals surface area contributed by atoms with Crippen LogP contribution in [-0.2, 0) is 16.1 Å². The summed E-state index contributed by atoms with van der Waals surface area (Å²) in [6.07, 6.45) is 0. The average molecular weight is 319 g/mol. The van der Waals surface area contributed by atoms with Crippen molar-refractivity contribution < 1.29 is 19.0 Å². The maximum absolute atomic E-state index is 11.7. The van der Waals surface area contributed by atoms with Gasteiger partial charge in [0, 0.05) is 5.38 Å². The summed E-state index contributed by atoms with van der Waals surface area (Å²) in [6, 6.07) is 10.0. The number of hydrogen-bond donors (Lipinski definition) is 1. The Labute approximate surface area is 132 Å². The molecule has 1 atom stereocenters. The number of thiophene rings is 1. The number of ether oxygens (including phenoxy) is 3. The monoisotopic (exact) mass is 319 g/mol. The van der Waals surface area contributed by atoms with Crippen molar-refractivity contribution in [2.24, 2.45) is 0 Å². The summed E-state index contributed by atoms with van der Waals surface area (Å²) >= 11 is 1.32. The van der Waals surface area contributed by atoms with Crippen molar-refractivity contribution in [2.75, 3.05) is 25.6 Å². The lowest BCUT2D eigenvalue weighted by molar-refractivity contribution is 0.0605. The van der Waals surface area contributed by atoms with E-state index in [-0.39, 0.29) is 12.0 Å². The number of nitrogens with one attached hydrogen (secondary N) is 1. The third-order valence-corrected chi connectivity index (χ3v) is 4.29. The van der Waals surface area contributed by atoms with Crippen molar-refractivity contribution in [3.8, 4) is 5.75 Å². The van der Waals surface area contributed by atoms with E-state index in [2.05, 4.69) is 5.32 Å². The highest BCUT2D eigenvalue weighted by Gasteiger charge is 2.26. The van der Waals surface area contributed by atoms with E-state index in [9.17, 15) is 4.79 Å². The molecule has 0 fully saturated rings. The van der Waals surface area contributed by atoms with Gasteiger partial charge in [-0.05, 0) is 5.56 Å². The fourth-order valence-electron chi connectivity index (χ4n) is 2.25. The third kappa shape index (κ3) is 3.23. The molecule has 2 heterocycles. The molecule has 1 aliphatic rings. The van der Waals surface area contributed by atoms with E-state index in [0.717, 1.165) is 5.56 Å². The highest BCUT2D eigenvalue weighted by atomic mass is 32.1. The van der Waals surface area contributed by atoms with Crippen LogP contribution < -0.4 is 10.1 Å². The minimum atomic E-state index is -0.354. The first-order chi connectivity index (χ1) is 10.8. The van der Waals surface area contributed by atoms with Crippen LogP contribution in [-0.4, -0.2) is 32.3 Å². The number of benzene rings is 1. The van der Waals surface area contributed by atoms with Crippen LogP contribution in [0.2, 0.25) is 0 Å². The zero-order chi connectivity index (χ0) is 15.4. The second-order valence-corrected chi connectivity index (χ2v) is 5.83. The molecule has 22 heavy (non-hydrogen) atoms. The van der Waals surface area contributed by atoms with Gasteiger partial charge < -0.3 is 19.5 Å². The molecule has 1 aliphatic heterocycles. The fourth-order valence-corrected chi connectivity index (χ4v) is 3.11. The maximum Gasteiger partial charge on any atom is 0.350 e. The Balaban J connectivity index is 1.57. The first kappa shape index (κ1) is 14.9. The molecule has 5 nitrogen and oxygen atoms in total. The van der Waals surface area contributed by atoms with Gasteiger partial charge in [0.2, 0.25) is 0 Å². The van der Waals surface area contributed by atoms with E-state index < -0.39 is 0 Å². The van der Waals surface area contributed by atoms with Crippen molar-refractivity contribution in [3.63, 3.8) is 0 Å². The summed E-state index contributed by atoms with van der Waals surface area (Å²) in [5, 5.41) is 5.12. The predicted molar refractivity (Wildman–Crippen MR) is 84.7 cm³/mol. The van der Waals surface area contributed by atoms with Crippen LogP contribution in [0.25, 0.3) is 0 Å². The van der Waals surface area contributed by atoms with E-state index in [0.29, 0.717) is 36.1 Å². The molecule has 3 rings (SSSR count). The summed E-state index contributed by atoms with van der Waals surface area (Å²) in [7, 11) is 1.37. The molecule has 116 valence electrons. The molecule has 2 aromatic rings. The first-order valence-electron chi connectivity index (χ1n) is 6.98. The van der Waals surface area contributed by atoms with Crippen LogP contribution in [0.3, 0.4) is 0 Å². The van der Waals surface area contributed by atoms with E-state index in [4.69, 9.17) is 14.2 Å². The van der Waals surface area contributed by atoms with Gasteiger partial charge in [0.1, 0.15) is 17.2 Å². The summed E-state index contributed by atoms with van der Waals surface area (Å²) < 4.78 is 16.2. The second-order valence-electron chi connectivity index (χ2n) is 4.95. The molecule has 6 heteroatoms. The van der Waals surface area contributed by atoms with Gasteiger partial charge in [0.25, 0.3) is 0 Å². The van der Waals surface area contributed by atoms with Crippen molar-refractivity contribution in [3.05, 3.63) is 46.2 Å². The predicted octanol–water partition coefficient (Wildman–Crippen LogP) is 2.92. The Morgan fingerprint density at radius 2 is 2.23 bits per heavy atom. The van der Waals surface area contributed by atoms with Crippen molar-refractivity contribution in [2.45, 2.75) is 12.6 Å². The highest BCUT2D eigenvalue weighted by Crippen LogP contribution is 2.38. The normalized spacial score (nSPS) is 16.3. The Kier molecular flexibility index (Phi) is 4.60. The quantitative estimate of drug-likeness (QED) is 0.859. The van der Waals surface area contributed by atoms with Gasteiger partial charge in [-0.15, -0.1) is 11.3 Å². The lowest BCUT2D eigenvalue weighted by Crippen LogP contribution is -2.35. The standard InChI is InChI=1S/C16H17NO4S/c1-19-16(18)15-14-13(10-22-15)21-9-12(17-14)8-20-7-11-5-3-2-4-6-11/h2-6,10,12,17H,7-9H2,1H3/t12-/m1/s1. The first-order valence-corrected chi connectivity index (χ1v) is 7.86. The largest absolute Gasteiger partial charge is 0.488 e. The molecule has 0 bridgehead atoms. The second kappa shape index (κ2) is 6.81. The summed E-state index contributed by atoms with van der Waals surface area (Å²) in [6.45, 7) is 1.57. The fraction of sp³-hybridized carbons (Fsp3) is 0.312. The van der Waals surface area contributed by atoms with Crippen molar-refractivity contribution in [1.82, 2.24) is 0 Å². The van der Waals surface area contributed by atoms with Gasteiger partial charge in [-0.2, -0.15) is 0 Å². The smallest absolute Gasteiger partial charge is 0.350 e. The maximum atomic E-state index is 11.7. The molecule has 0 unspecified atom stereocenters. The minimum absolute atomic E-state index is 0.00854. The lowest BCUT2D eigenvalue weighted by atomic mass is 10.2. The Bertz CT molecular complexity index is 641. The van der Waals surface area contributed by atoms with E-state index in [1.807, 2.05) is 35.7 Å². The SMILES string of the molecule is COC(=O)c1scc2c1N[C@H](COCc1ccccc1)CO2. The zero-order valence-corrected chi connectivity index (χ0v) is 13.0. The molecule has 0 amide bonds. The number of rotatable bonds is 5. The van der Waals surface area contributed by atoms with Crippen LogP contribution in [0.4, 0.5) is 5.69 Å². The third-order valence-electron chi connectivity index (χ3n) is 3.35. The van der Waals surface area contributed by atoms with Gasteiger partial charge >= 0.3 is 5.97 Å². The molecule has 0 saturated heterocycles. The number of carbonyl (C=O) groups is 1. The van der Waals surface area contributed by atoms with E-state index >= 15 is 0 Å². The van der Waals surface area contributed by atoms with Gasteiger partial charge in [-0.1, -0.05) is 30.3 Å². The van der Waals surface area contributed by atoms with Gasteiger partial charge in [-0.3, -0.25) is 0 Å². The Morgan fingerprint density at radius 3 is 3.00 bits per heavy atom. The van der Waals surface area contributed by atoms with Crippen LogP contribution in [0, 0.1) is 0 Å². The van der Waals surface area contributed by atoms with Crippen molar-refractivity contribution >= 4 is 23.0 Å². The average Bonchev–Trinajstić information content (AvgIpc) is 2.98. The summed E-state index contributed by atoms with van der Waals surface area (Å²) in [5.41, 5.74) is 1.84. The molecule has 0 aliphatic carbocycles. The molecular formula is C16H17NO4S. The molecule has 1 aromatic carbocycles. The number of anilines is 1. The molecule has 0 spiro atoms. The van der Waals surface area contributed by atoms with Gasteiger partial charge in [0.05, 0.1) is 26.4 Å². The lowest BCUT2D eigenvalue weighted by Gasteiger charge is -2.26. The van der Waals surface area contributed by atoms with Crippen LogP contribution in [0.15, 0.2) is 35.7 Å². The number of esters is 1. The number of fused-ring (bicyclic) bond motifs is 1. The topological polar surface area (TPSA) is 56.8 Å². The highest BCUT2D eigenvalue weighted by molar-refractivity contribution is 7.13. The number of methoxy groups -OCH3 is 1. The van der Waals surface area contributed by atoms with Crippen LogP contribution in [0.1, 0.15) is 15.2 Å². The van der Waals surface area contributed by atoms with Crippen molar-refractivity contribution in [1.29, 1.82) is 0 Å². The van der Waals surface area contributed by atoms with Gasteiger partial charge in [0.15, 0.2) is 5.75 Å². The van der Waals surface area contributed by atoms with Gasteiger partial charge in [-0.25, -0.2) is 4.79 Å². The van der Waals surface area contributed by atoms with Crippen LogP contribution in [0.5, 0.6) is 5.75 Å². The molecule has 0 saturated carbocycles. The summed E-state index contributed by atoms with van der Waals surface area (Å²) in [4.78, 5) is 12.2. The Morgan fingerprint density at radius 1 is 1.41 bits per heavy atom. The minimum Gasteiger partial charge on any atom is -0.488 e. The zero-order valence-electron chi connectivity index (χ0n) is 12.2.